The van der Waals surface area contributed by atoms with Crippen LogP contribution in [0.15, 0.2) is 30.5 Å². The number of ether oxygens (including phenoxy) is 1. The van der Waals surface area contributed by atoms with Gasteiger partial charge in [0.2, 0.25) is 0 Å². The lowest BCUT2D eigenvalue weighted by molar-refractivity contribution is -0.153. The Labute approximate surface area is 117 Å². The van der Waals surface area contributed by atoms with E-state index in [1.54, 1.807) is 6.92 Å². The van der Waals surface area contributed by atoms with Gasteiger partial charge >= 0.3 is 0 Å². The molecule has 1 aromatic heterocycles. The van der Waals surface area contributed by atoms with Crippen LogP contribution in [0.3, 0.4) is 0 Å². The number of nitrogens with zero attached hydrogens (tertiary/aromatic N) is 1. The molecule has 1 aromatic carbocycles. The molecule has 0 unspecified atom stereocenters. The average molecular weight is 273 g/mol. The number of hydrogen-bond donors (Lipinski definition) is 2. The van der Waals surface area contributed by atoms with Gasteiger partial charge in [-0.2, -0.15) is 0 Å². The number of amides is 1. The zero-order valence-electron chi connectivity index (χ0n) is 11.6. The molecule has 2 aromatic rings. The van der Waals surface area contributed by atoms with Gasteiger partial charge < -0.3 is 15.5 Å². The van der Waals surface area contributed by atoms with Crippen LogP contribution in [0.5, 0.6) is 0 Å². The number of H-pyrrole nitrogens is 1. The van der Waals surface area contributed by atoms with Gasteiger partial charge in [0.05, 0.1) is 6.61 Å². The summed E-state index contributed by atoms with van der Waals surface area (Å²) >= 11 is 0. The minimum Gasteiger partial charge on any atom is -0.367 e. The molecule has 2 heterocycles. The Hall–Kier alpha value is -1.85. The molecule has 0 saturated carbocycles. The third kappa shape index (κ3) is 2.42. The lowest BCUT2D eigenvalue weighted by Crippen LogP contribution is -2.56. The first kappa shape index (κ1) is 13.1. The number of nitrogens with two attached hydrogens (primary N) is 1. The highest BCUT2D eigenvalue weighted by Crippen LogP contribution is 2.21. The van der Waals surface area contributed by atoms with Crippen LogP contribution in [0.4, 0.5) is 0 Å². The molecule has 5 heteroatoms. The number of rotatable bonds is 3. The summed E-state index contributed by atoms with van der Waals surface area (Å²) in [7, 11) is 0. The second-order valence-electron chi connectivity index (χ2n) is 5.55. The van der Waals surface area contributed by atoms with Gasteiger partial charge in [-0.15, -0.1) is 0 Å². The minimum atomic E-state index is -0.879. The fourth-order valence-corrected chi connectivity index (χ4v) is 2.69. The van der Waals surface area contributed by atoms with E-state index in [1.807, 2.05) is 6.20 Å². The number of fused-ring (bicyclic) bond motifs is 1. The zero-order chi connectivity index (χ0) is 14.2. The van der Waals surface area contributed by atoms with Gasteiger partial charge in [-0.1, -0.05) is 6.07 Å². The first-order chi connectivity index (χ1) is 9.57. The third-order valence-corrected chi connectivity index (χ3v) is 3.90. The van der Waals surface area contributed by atoms with Crippen LogP contribution < -0.4 is 5.73 Å². The van der Waals surface area contributed by atoms with E-state index < -0.39 is 11.5 Å². The third-order valence-electron chi connectivity index (χ3n) is 3.90. The topological polar surface area (TPSA) is 71.4 Å². The second kappa shape index (κ2) is 4.92. The van der Waals surface area contributed by atoms with Gasteiger partial charge in [-0.25, -0.2) is 0 Å². The highest BCUT2D eigenvalue weighted by atomic mass is 16.5. The molecule has 0 spiro atoms. The van der Waals surface area contributed by atoms with Gasteiger partial charge in [0.15, 0.2) is 5.60 Å². The van der Waals surface area contributed by atoms with Crippen molar-refractivity contribution in [3.8, 4) is 0 Å². The lowest BCUT2D eigenvalue weighted by Gasteiger charge is -2.38. The van der Waals surface area contributed by atoms with Crippen LogP contribution in [-0.4, -0.2) is 41.1 Å². The predicted molar refractivity (Wildman–Crippen MR) is 77.1 cm³/mol. The Bertz CT molecular complexity index is 637. The monoisotopic (exact) mass is 273 g/mol. The summed E-state index contributed by atoms with van der Waals surface area (Å²) in [5, 5.41) is 1.20. The van der Waals surface area contributed by atoms with Gasteiger partial charge in [0.1, 0.15) is 0 Å². The van der Waals surface area contributed by atoms with Crippen LogP contribution in [0, 0.1) is 0 Å². The number of primary amides is 1. The molecule has 3 rings (SSSR count). The zero-order valence-corrected chi connectivity index (χ0v) is 11.6. The molecule has 1 aliphatic rings. The first-order valence-corrected chi connectivity index (χ1v) is 6.79. The maximum Gasteiger partial charge on any atom is 0.250 e. The molecule has 1 aliphatic heterocycles. The van der Waals surface area contributed by atoms with E-state index in [2.05, 4.69) is 34.1 Å². The number of benzene rings is 1. The Kier molecular flexibility index (Phi) is 3.23. The lowest BCUT2D eigenvalue weighted by atomic mass is 10.0. The smallest absolute Gasteiger partial charge is 0.250 e. The maximum atomic E-state index is 11.5. The molecule has 1 amide bonds. The molecule has 3 N–H and O–H groups in total. The molecule has 0 aliphatic carbocycles. The normalized spacial score (nSPS) is 24.1. The summed E-state index contributed by atoms with van der Waals surface area (Å²) in [4.78, 5) is 16.9. The fraction of sp³-hybridized carbons (Fsp3) is 0.400. The van der Waals surface area contributed by atoms with Gasteiger partial charge in [0.25, 0.3) is 5.91 Å². The molecule has 1 saturated heterocycles. The van der Waals surface area contributed by atoms with E-state index in [4.69, 9.17) is 10.5 Å². The number of aromatic amines is 1. The summed E-state index contributed by atoms with van der Waals surface area (Å²) < 4.78 is 5.53. The van der Waals surface area contributed by atoms with Crippen molar-refractivity contribution in [1.82, 2.24) is 9.88 Å². The highest BCUT2D eigenvalue weighted by molar-refractivity contribution is 5.83. The quantitative estimate of drug-likeness (QED) is 0.884. The van der Waals surface area contributed by atoms with Crippen LogP contribution in [0.1, 0.15) is 12.5 Å². The van der Waals surface area contributed by atoms with E-state index in [1.165, 1.54) is 10.9 Å². The summed E-state index contributed by atoms with van der Waals surface area (Å²) in [6.07, 6.45) is 1.94. The van der Waals surface area contributed by atoms with Crippen molar-refractivity contribution < 1.29 is 9.53 Å². The van der Waals surface area contributed by atoms with Crippen LogP contribution in [0.2, 0.25) is 0 Å². The molecule has 0 radical (unpaired) electrons. The number of carbonyl (C=O) groups excluding carboxylic acids is 1. The molecular weight excluding hydrogens is 254 g/mol. The van der Waals surface area contributed by atoms with Crippen molar-refractivity contribution in [2.24, 2.45) is 5.73 Å². The van der Waals surface area contributed by atoms with Crippen molar-refractivity contribution in [2.75, 3.05) is 19.7 Å². The largest absolute Gasteiger partial charge is 0.367 e. The Morgan fingerprint density at radius 1 is 1.50 bits per heavy atom. The van der Waals surface area contributed by atoms with E-state index in [0.29, 0.717) is 13.2 Å². The fourth-order valence-electron chi connectivity index (χ4n) is 2.69. The standard InChI is InChI=1S/C15H19N3O2/c1-15(14(16)19)10-18(6-7-20-15)9-11-2-3-13-12(8-11)4-5-17-13/h2-5,8,17H,6-7,9-10H2,1H3,(H2,16,19)/t15-/m1/s1. The van der Waals surface area contributed by atoms with Crippen molar-refractivity contribution in [3.05, 3.63) is 36.0 Å². The summed E-state index contributed by atoms with van der Waals surface area (Å²) in [5.41, 5.74) is 6.91. The van der Waals surface area contributed by atoms with Gasteiger partial charge in [-0.05, 0) is 36.1 Å². The number of nitrogens with one attached hydrogen (secondary N) is 1. The molecular formula is C15H19N3O2. The second-order valence-corrected chi connectivity index (χ2v) is 5.55. The number of aromatic nitrogens is 1. The summed E-state index contributed by atoms with van der Waals surface area (Å²) in [6.45, 7) is 4.44. The Morgan fingerprint density at radius 3 is 3.15 bits per heavy atom. The van der Waals surface area contributed by atoms with E-state index in [-0.39, 0.29) is 0 Å². The summed E-state index contributed by atoms with van der Waals surface area (Å²) in [6, 6.07) is 8.42. The van der Waals surface area contributed by atoms with Crippen molar-refractivity contribution in [3.63, 3.8) is 0 Å². The van der Waals surface area contributed by atoms with Crippen LogP contribution >= 0.6 is 0 Å². The number of morpholine rings is 1. The van der Waals surface area contributed by atoms with Crippen molar-refractivity contribution in [1.29, 1.82) is 0 Å². The minimum absolute atomic E-state index is 0.400. The SMILES string of the molecule is C[C@]1(C(N)=O)CN(Cc2ccc3[nH]ccc3c2)CCO1. The van der Waals surface area contributed by atoms with Gasteiger partial charge in [0, 0.05) is 31.3 Å². The molecule has 106 valence electrons. The van der Waals surface area contributed by atoms with E-state index >= 15 is 0 Å². The number of carbonyl (C=O) groups is 1. The maximum absolute atomic E-state index is 11.5. The van der Waals surface area contributed by atoms with Crippen molar-refractivity contribution >= 4 is 16.8 Å². The van der Waals surface area contributed by atoms with Crippen LogP contribution in [-0.2, 0) is 16.1 Å². The van der Waals surface area contributed by atoms with E-state index in [9.17, 15) is 4.79 Å². The molecule has 0 bridgehead atoms. The highest BCUT2D eigenvalue weighted by Gasteiger charge is 2.37. The Balaban J connectivity index is 1.75. The molecule has 20 heavy (non-hydrogen) atoms. The predicted octanol–water partition coefficient (Wildman–Crippen LogP) is 1.24. The summed E-state index contributed by atoms with van der Waals surface area (Å²) in [5.74, 6) is -0.400. The molecule has 1 fully saturated rings. The first-order valence-electron chi connectivity index (χ1n) is 6.79. The number of hydrogen-bond acceptors (Lipinski definition) is 3. The van der Waals surface area contributed by atoms with Gasteiger partial charge in [-0.3, -0.25) is 9.69 Å². The molecule has 5 nitrogen and oxygen atoms in total. The molecule has 1 atom stereocenters. The van der Waals surface area contributed by atoms with Crippen molar-refractivity contribution in [2.45, 2.75) is 19.1 Å². The van der Waals surface area contributed by atoms with E-state index in [0.717, 1.165) is 18.6 Å². The average Bonchev–Trinajstić information content (AvgIpc) is 2.86. The Morgan fingerprint density at radius 2 is 2.35 bits per heavy atom. The van der Waals surface area contributed by atoms with Crippen LogP contribution in [0.25, 0.3) is 10.9 Å².